The highest BCUT2D eigenvalue weighted by Gasteiger charge is 2.48. The van der Waals surface area contributed by atoms with Gasteiger partial charge in [0.25, 0.3) is 0 Å². The molecule has 0 aromatic rings. The van der Waals surface area contributed by atoms with E-state index < -0.39 is 11.9 Å². The minimum atomic E-state index is -0.837. The van der Waals surface area contributed by atoms with Crippen LogP contribution in [0.3, 0.4) is 0 Å². The fourth-order valence-corrected chi connectivity index (χ4v) is 2.88. The average Bonchev–Trinajstić information content (AvgIpc) is 3.06. The summed E-state index contributed by atoms with van der Waals surface area (Å²) >= 11 is 0. The summed E-state index contributed by atoms with van der Waals surface area (Å²) in [5, 5.41) is 11.7. The van der Waals surface area contributed by atoms with Gasteiger partial charge in [-0.3, -0.25) is 9.59 Å². The lowest BCUT2D eigenvalue weighted by Crippen LogP contribution is -2.33. The maximum absolute atomic E-state index is 11.7. The van der Waals surface area contributed by atoms with E-state index in [9.17, 15) is 9.59 Å². The van der Waals surface area contributed by atoms with Crippen LogP contribution >= 0.6 is 0 Å². The number of carbonyl (C=O) groups is 2. The Morgan fingerprint density at radius 2 is 2.00 bits per heavy atom. The van der Waals surface area contributed by atoms with Crippen LogP contribution in [0, 0.1) is 23.7 Å². The van der Waals surface area contributed by atoms with E-state index in [1.54, 1.807) is 0 Å². The number of rotatable bonds is 4. The lowest BCUT2D eigenvalue weighted by atomic mass is 9.82. The van der Waals surface area contributed by atoms with Crippen LogP contribution in [0.2, 0.25) is 0 Å². The van der Waals surface area contributed by atoms with E-state index in [1.807, 2.05) is 0 Å². The third-order valence-corrected chi connectivity index (χ3v) is 4.05. The topological polar surface area (TPSA) is 66.4 Å². The summed E-state index contributed by atoms with van der Waals surface area (Å²) in [6.07, 6.45) is 5.45. The van der Waals surface area contributed by atoms with Crippen molar-refractivity contribution in [2.24, 2.45) is 23.7 Å². The normalized spacial score (nSPS) is 36.3. The molecule has 0 radical (unpaired) electrons. The van der Waals surface area contributed by atoms with Gasteiger partial charge in [-0.1, -0.05) is 19.8 Å². The molecule has 2 N–H and O–H groups in total. The van der Waals surface area contributed by atoms with Crippen LogP contribution in [-0.4, -0.2) is 23.5 Å². The molecule has 0 aromatic heterocycles. The molecule has 0 bridgehead atoms. The second-order valence-corrected chi connectivity index (χ2v) is 5.67. The fourth-order valence-electron chi connectivity index (χ4n) is 2.88. The van der Waals surface area contributed by atoms with Crippen molar-refractivity contribution in [2.45, 2.75) is 39.0 Å². The molecule has 0 saturated heterocycles. The van der Waals surface area contributed by atoms with Gasteiger partial charge in [-0.05, 0) is 31.1 Å². The lowest BCUT2D eigenvalue weighted by Gasteiger charge is -2.26. The van der Waals surface area contributed by atoms with E-state index in [4.69, 9.17) is 5.11 Å². The molecule has 2 saturated carbocycles. The molecule has 2 rings (SSSR count). The Balaban J connectivity index is 1.68. The van der Waals surface area contributed by atoms with E-state index >= 15 is 0 Å². The van der Waals surface area contributed by atoms with Crippen LogP contribution in [0.25, 0.3) is 0 Å². The molecular weight excluding hydrogens is 218 g/mol. The summed E-state index contributed by atoms with van der Waals surface area (Å²) in [6.45, 7) is 2.99. The molecule has 2 fully saturated rings. The molecule has 1 amide bonds. The van der Waals surface area contributed by atoms with E-state index in [2.05, 4.69) is 12.2 Å². The standard InChI is InChI=1S/C13H21NO3/c1-8-3-2-4-9(5-8)7-14-12(15)10-6-11(10)13(16)17/h8-11H,2-7H2,1H3,(H,14,15)(H,16,17)/t8?,9?,10-,11+/m1/s1. The van der Waals surface area contributed by atoms with Gasteiger partial charge in [0, 0.05) is 6.54 Å². The van der Waals surface area contributed by atoms with Gasteiger partial charge in [-0.25, -0.2) is 0 Å². The average molecular weight is 239 g/mol. The minimum absolute atomic E-state index is 0.0596. The highest BCUT2D eigenvalue weighted by molar-refractivity contribution is 5.89. The largest absolute Gasteiger partial charge is 0.481 e. The number of hydrogen-bond acceptors (Lipinski definition) is 2. The zero-order chi connectivity index (χ0) is 12.4. The maximum atomic E-state index is 11.7. The molecular formula is C13H21NO3. The first-order valence-corrected chi connectivity index (χ1v) is 6.58. The Kier molecular flexibility index (Phi) is 3.69. The van der Waals surface area contributed by atoms with Crippen molar-refractivity contribution in [1.82, 2.24) is 5.32 Å². The summed E-state index contributed by atoms with van der Waals surface area (Å²) < 4.78 is 0. The van der Waals surface area contributed by atoms with Crippen molar-refractivity contribution in [3.05, 3.63) is 0 Å². The van der Waals surface area contributed by atoms with Gasteiger partial charge in [-0.2, -0.15) is 0 Å². The smallest absolute Gasteiger partial charge is 0.307 e. The third-order valence-electron chi connectivity index (χ3n) is 4.05. The first kappa shape index (κ1) is 12.4. The predicted octanol–water partition coefficient (Wildman–Crippen LogP) is 1.65. The summed E-state index contributed by atoms with van der Waals surface area (Å²) in [7, 11) is 0. The monoisotopic (exact) mass is 239 g/mol. The molecule has 4 atom stereocenters. The second kappa shape index (κ2) is 5.07. The van der Waals surface area contributed by atoms with Crippen LogP contribution in [0.1, 0.15) is 39.0 Å². The van der Waals surface area contributed by atoms with Crippen LogP contribution in [0.15, 0.2) is 0 Å². The molecule has 0 spiro atoms. The summed E-state index contributed by atoms with van der Waals surface area (Å²) in [4.78, 5) is 22.3. The van der Waals surface area contributed by atoms with Gasteiger partial charge in [0.1, 0.15) is 0 Å². The molecule has 0 heterocycles. The highest BCUT2D eigenvalue weighted by atomic mass is 16.4. The van der Waals surface area contributed by atoms with Gasteiger partial charge < -0.3 is 10.4 Å². The fraction of sp³-hybridized carbons (Fsp3) is 0.846. The van der Waals surface area contributed by atoms with Gasteiger partial charge in [0.15, 0.2) is 0 Å². The van der Waals surface area contributed by atoms with Gasteiger partial charge in [0.2, 0.25) is 5.91 Å². The number of carbonyl (C=O) groups excluding carboxylic acids is 1. The van der Waals surface area contributed by atoms with Crippen LogP contribution in [-0.2, 0) is 9.59 Å². The van der Waals surface area contributed by atoms with Crippen molar-refractivity contribution < 1.29 is 14.7 Å². The van der Waals surface area contributed by atoms with Crippen molar-refractivity contribution >= 4 is 11.9 Å². The third kappa shape index (κ3) is 3.20. The SMILES string of the molecule is CC1CCCC(CNC(=O)[C@@H]2C[C@@H]2C(=O)O)C1. The number of carboxylic acid groups (broad SMARTS) is 1. The van der Waals surface area contributed by atoms with Crippen molar-refractivity contribution in [2.75, 3.05) is 6.54 Å². The molecule has 0 aromatic carbocycles. The molecule has 4 heteroatoms. The highest BCUT2D eigenvalue weighted by Crippen LogP contribution is 2.38. The van der Waals surface area contributed by atoms with E-state index in [0.717, 1.165) is 12.5 Å². The first-order valence-electron chi connectivity index (χ1n) is 6.58. The van der Waals surface area contributed by atoms with Crippen LogP contribution in [0.5, 0.6) is 0 Å². The first-order chi connectivity index (χ1) is 8.08. The van der Waals surface area contributed by atoms with Gasteiger partial charge >= 0.3 is 5.97 Å². The Morgan fingerprint density at radius 3 is 2.59 bits per heavy atom. The molecule has 2 aliphatic carbocycles. The summed E-state index contributed by atoms with van der Waals surface area (Å²) in [5.41, 5.74) is 0. The van der Waals surface area contributed by atoms with E-state index in [0.29, 0.717) is 12.3 Å². The van der Waals surface area contributed by atoms with Crippen LogP contribution < -0.4 is 5.32 Å². The summed E-state index contributed by atoms with van der Waals surface area (Å²) in [5.74, 6) is -0.246. The molecule has 0 aliphatic heterocycles. The predicted molar refractivity (Wildman–Crippen MR) is 63.4 cm³/mol. The quantitative estimate of drug-likeness (QED) is 0.784. The Bertz CT molecular complexity index is 316. The number of hydrogen-bond donors (Lipinski definition) is 2. The summed E-state index contributed by atoms with van der Waals surface area (Å²) in [6, 6.07) is 0. The zero-order valence-electron chi connectivity index (χ0n) is 10.3. The van der Waals surface area contributed by atoms with E-state index in [-0.39, 0.29) is 11.8 Å². The van der Waals surface area contributed by atoms with Crippen molar-refractivity contribution in [1.29, 1.82) is 0 Å². The molecule has 4 nitrogen and oxygen atoms in total. The number of aliphatic carboxylic acids is 1. The molecule has 17 heavy (non-hydrogen) atoms. The van der Waals surface area contributed by atoms with Gasteiger partial charge in [-0.15, -0.1) is 0 Å². The van der Waals surface area contributed by atoms with Crippen molar-refractivity contribution in [3.8, 4) is 0 Å². The minimum Gasteiger partial charge on any atom is -0.481 e. The lowest BCUT2D eigenvalue weighted by molar-refractivity contribution is -0.140. The second-order valence-electron chi connectivity index (χ2n) is 5.67. The molecule has 96 valence electrons. The van der Waals surface area contributed by atoms with Crippen molar-refractivity contribution in [3.63, 3.8) is 0 Å². The number of nitrogens with one attached hydrogen (secondary N) is 1. The van der Waals surface area contributed by atoms with Gasteiger partial charge in [0.05, 0.1) is 11.8 Å². The van der Waals surface area contributed by atoms with E-state index in [1.165, 1.54) is 25.7 Å². The molecule has 2 aliphatic rings. The Morgan fingerprint density at radius 1 is 1.24 bits per heavy atom. The Labute approximate surface area is 102 Å². The maximum Gasteiger partial charge on any atom is 0.307 e. The number of amides is 1. The van der Waals surface area contributed by atoms with Crippen LogP contribution in [0.4, 0.5) is 0 Å². The Hall–Kier alpha value is -1.06. The zero-order valence-corrected chi connectivity index (χ0v) is 10.3. The molecule has 2 unspecified atom stereocenters. The number of carboxylic acids is 1.